The number of hydrogen-bond acceptors (Lipinski definition) is 2. The number of pyridine rings is 1. The first-order valence-corrected chi connectivity index (χ1v) is 5.73. The summed E-state index contributed by atoms with van der Waals surface area (Å²) in [4.78, 5) is 4.20. The van der Waals surface area contributed by atoms with E-state index in [0.717, 1.165) is 11.4 Å². The fourth-order valence-corrected chi connectivity index (χ4v) is 1.67. The molecule has 0 saturated heterocycles. The molecule has 2 nitrogen and oxygen atoms in total. The van der Waals surface area contributed by atoms with E-state index < -0.39 is 0 Å². The van der Waals surface area contributed by atoms with Gasteiger partial charge in [0.1, 0.15) is 5.82 Å². The van der Waals surface area contributed by atoms with Crippen LogP contribution in [-0.2, 0) is 0 Å². The Hall–Kier alpha value is -1.80. The molecule has 0 spiro atoms. The fraction of sp³-hybridized carbons (Fsp3) is 0.0714. The summed E-state index contributed by atoms with van der Waals surface area (Å²) in [5.41, 5.74) is 1.15. The van der Waals surface area contributed by atoms with E-state index in [9.17, 15) is 0 Å². The quantitative estimate of drug-likeness (QED) is 0.820. The van der Waals surface area contributed by atoms with E-state index >= 15 is 0 Å². The lowest BCUT2D eigenvalue weighted by molar-refractivity contribution is 0.971. The van der Waals surface area contributed by atoms with Crippen molar-refractivity contribution in [3.63, 3.8) is 0 Å². The van der Waals surface area contributed by atoms with E-state index in [1.54, 1.807) is 6.20 Å². The van der Waals surface area contributed by atoms with Gasteiger partial charge in [-0.1, -0.05) is 48.0 Å². The second-order valence-corrected chi connectivity index (χ2v) is 4.07. The van der Waals surface area contributed by atoms with E-state index in [0.29, 0.717) is 5.02 Å². The SMILES string of the molecule is C=CC(Nc1ccc(Cl)cn1)c1ccccc1. The average Bonchev–Trinajstić information content (AvgIpc) is 2.39. The Kier molecular flexibility index (Phi) is 3.78. The normalized spacial score (nSPS) is 11.8. The summed E-state index contributed by atoms with van der Waals surface area (Å²) in [6.45, 7) is 3.83. The smallest absolute Gasteiger partial charge is 0.126 e. The molecule has 3 heteroatoms. The maximum atomic E-state index is 5.79. The van der Waals surface area contributed by atoms with Crippen LogP contribution in [0, 0.1) is 0 Å². The summed E-state index contributed by atoms with van der Waals surface area (Å²) in [5, 5.41) is 3.91. The zero-order valence-electron chi connectivity index (χ0n) is 9.31. The minimum Gasteiger partial charge on any atom is -0.360 e. The molecular weight excluding hydrogens is 232 g/mol. The highest BCUT2D eigenvalue weighted by Gasteiger charge is 2.06. The van der Waals surface area contributed by atoms with Gasteiger partial charge in [-0.3, -0.25) is 0 Å². The second kappa shape index (κ2) is 5.51. The van der Waals surface area contributed by atoms with Crippen molar-refractivity contribution in [3.8, 4) is 0 Å². The van der Waals surface area contributed by atoms with E-state index in [4.69, 9.17) is 11.6 Å². The van der Waals surface area contributed by atoms with Crippen LogP contribution < -0.4 is 5.32 Å². The van der Waals surface area contributed by atoms with Crippen molar-refractivity contribution in [1.82, 2.24) is 4.98 Å². The molecule has 0 fully saturated rings. The Morgan fingerprint density at radius 2 is 1.94 bits per heavy atom. The highest BCUT2D eigenvalue weighted by molar-refractivity contribution is 6.30. The van der Waals surface area contributed by atoms with Gasteiger partial charge < -0.3 is 5.32 Å². The molecule has 86 valence electrons. The van der Waals surface area contributed by atoms with Crippen molar-refractivity contribution in [3.05, 3.63) is 71.9 Å². The molecule has 0 saturated carbocycles. The van der Waals surface area contributed by atoms with Crippen molar-refractivity contribution >= 4 is 17.4 Å². The van der Waals surface area contributed by atoms with Crippen LogP contribution in [0.25, 0.3) is 0 Å². The van der Waals surface area contributed by atoms with Crippen LogP contribution in [0.5, 0.6) is 0 Å². The van der Waals surface area contributed by atoms with Crippen LogP contribution in [0.3, 0.4) is 0 Å². The average molecular weight is 245 g/mol. The number of aromatic nitrogens is 1. The number of nitrogens with one attached hydrogen (secondary N) is 1. The van der Waals surface area contributed by atoms with Crippen LogP contribution in [0.2, 0.25) is 5.02 Å². The lowest BCUT2D eigenvalue weighted by Crippen LogP contribution is -2.08. The van der Waals surface area contributed by atoms with Crippen molar-refractivity contribution < 1.29 is 0 Å². The molecule has 0 radical (unpaired) electrons. The molecule has 0 aliphatic heterocycles. The van der Waals surface area contributed by atoms with Gasteiger partial charge in [-0.2, -0.15) is 0 Å². The van der Waals surface area contributed by atoms with Crippen LogP contribution in [-0.4, -0.2) is 4.98 Å². The Bertz CT molecular complexity index is 479. The molecule has 0 amide bonds. The summed E-state index contributed by atoms with van der Waals surface area (Å²) in [6, 6.07) is 13.8. The maximum absolute atomic E-state index is 5.79. The minimum atomic E-state index is 0.0462. The van der Waals surface area contributed by atoms with Crippen LogP contribution >= 0.6 is 11.6 Å². The third-order valence-electron chi connectivity index (χ3n) is 2.43. The standard InChI is InChI=1S/C14H13ClN2/c1-2-13(11-6-4-3-5-7-11)17-14-9-8-12(15)10-16-14/h2-10,13H,1H2,(H,16,17). The lowest BCUT2D eigenvalue weighted by atomic mass is 10.1. The first-order chi connectivity index (χ1) is 8.29. The van der Waals surface area contributed by atoms with Gasteiger partial charge in [0.05, 0.1) is 11.1 Å². The minimum absolute atomic E-state index is 0.0462. The van der Waals surface area contributed by atoms with Crippen molar-refractivity contribution in [2.45, 2.75) is 6.04 Å². The predicted octanol–water partition coefficient (Wildman–Crippen LogP) is 4.07. The molecule has 2 aromatic rings. The van der Waals surface area contributed by atoms with E-state index in [1.807, 2.05) is 36.4 Å². The zero-order chi connectivity index (χ0) is 12.1. The third-order valence-corrected chi connectivity index (χ3v) is 2.65. The summed E-state index contributed by atoms with van der Waals surface area (Å²) in [6.07, 6.45) is 3.47. The first kappa shape index (κ1) is 11.7. The zero-order valence-corrected chi connectivity index (χ0v) is 10.1. The molecule has 1 heterocycles. The van der Waals surface area contributed by atoms with Crippen molar-refractivity contribution in [2.75, 3.05) is 5.32 Å². The fourth-order valence-electron chi connectivity index (χ4n) is 1.56. The lowest BCUT2D eigenvalue weighted by Gasteiger charge is -2.15. The highest BCUT2D eigenvalue weighted by atomic mass is 35.5. The van der Waals surface area contributed by atoms with Crippen molar-refractivity contribution in [1.29, 1.82) is 0 Å². The Labute approximate surface area is 106 Å². The van der Waals surface area contributed by atoms with Gasteiger partial charge in [0.25, 0.3) is 0 Å². The topological polar surface area (TPSA) is 24.9 Å². The monoisotopic (exact) mass is 244 g/mol. The summed E-state index contributed by atoms with van der Waals surface area (Å²) < 4.78 is 0. The number of hydrogen-bond donors (Lipinski definition) is 1. The third kappa shape index (κ3) is 3.08. The van der Waals surface area contributed by atoms with E-state index in [-0.39, 0.29) is 6.04 Å². The largest absolute Gasteiger partial charge is 0.360 e. The molecule has 1 N–H and O–H groups in total. The van der Waals surface area contributed by atoms with Gasteiger partial charge in [0.15, 0.2) is 0 Å². The molecule has 0 bridgehead atoms. The van der Waals surface area contributed by atoms with Gasteiger partial charge >= 0.3 is 0 Å². The molecule has 1 unspecified atom stereocenters. The first-order valence-electron chi connectivity index (χ1n) is 5.35. The van der Waals surface area contributed by atoms with Crippen LogP contribution in [0.4, 0.5) is 5.82 Å². The highest BCUT2D eigenvalue weighted by Crippen LogP contribution is 2.19. The molecule has 1 aromatic heterocycles. The predicted molar refractivity (Wildman–Crippen MR) is 72.2 cm³/mol. The van der Waals surface area contributed by atoms with Gasteiger partial charge in [0, 0.05) is 6.20 Å². The molecular formula is C14H13ClN2. The van der Waals surface area contributed by atoms with Crippen LogP contribution in [0.15, 0.2) is 61.3 Å². The van der Waals surface area contributed by atoms with Crippen molar-refractivity contribution in [2.24, 2.45) is 0 Å². The summed E-state index contributed by atoms with van der Waals surface area (Å²) in [5.74, 6) is 0.781. The molecule has 17 heavy (non-hydrogen) atoms. The summed E-state index contributed by atoms with van der Waals surface area (Å²) >= 11 is 5.79. The number of anilines is 1. The number of nitrogens with zero attached hydrogens (tertiary/aromatic N) is 1. The Morgan fingerprint density at radius 1 is 1.18 bits per heavy atom. The Balaban J connectivity index is 2.16. The number of benzene rings is 1. The van der Waals surface area contributed by atoms with Gasteiger partial charge in [0.2, 0.25) is 0 Å². The molecule has 1 aromatic carbocycles. The van der Waals surface area contributed by atoms with E-state index in [2.05, 4.69) is 29.0 Å². The van der Waals surface area contributed by atoms with Crippen LogP contribution in [0.1, 0.15) is 11.6 Å². The molecule has 0 aliphatic rings. The van der Waals surface area contributed by atoms with Gasteiger partial charge in [-0.15, -0.1) is 6.58 Å². The molecule has 1 atom stereocenters. The second-order valence-electron chi connectivity index (χ2n) is 3.63. The Morgan fingerprint density at radius 3 is 2.53 bits per heavy atom. The summed E-state index contributed by atoms with van der Waals surface area (Å²) in [7, 11) is 0. The molecule has 0 aliphatic carbocycles. The molecule has 2 rings (SSSR count). The van der Waals surface area contributed by atoms with E-state index in [1.165, 1.54) is 0 Å². The number of rotatable bonds is 4. The van der Waals surface area contributed by atoms with Gasteiger partial charge in [-0.05, 0) is 17.7 Å². The van der Waals surface area contributed by atoms with Gasteiger partial charge in [-0.25, -0.2) is 4.98 Å². The number of halogens is 1. The maximum Gasteiger partial charge on any atom is 0.126 e.